The van der Waals surface area contributed by atoms with Crippen LogP contribution in [0.25, 0.3) is 10.8 Å². The minimum atomic E-state index is -0.419. The van der Waals surface area contributed by atoms with Gasteiger partial charge in [-0.15, -0.1) is 0 Å². The van der Waals surface area contributed by atoms with Crippen LogP contribution in [-0.4, -0.2) is 27.8 Å². The highest BCUT2D eigenvalue weighted by Gasteiger charge is 2.18. The molecule has 1 amide bonds. The molecule has 7 nitrogen and oxygen atoms in total. The number of carbonyl (C=O) groups is 2. The summed E-state index contributed by atoms with van der Waals surface area (Å²) < 4.78 is 1.59. The van der Waals surface area contributed by atoms with Crippen LogP contribution in [0.3, 0.4) is 0 Å². The molecule has 31 heavy (non-hydrogen) atoms. The van der Waals surface area contributed by atoms with E-state index in [1.54, 1.807) is 10.6 Å². The van der Waals surface area contributed by atoms with Crippen molar-refractivity contribution in [3.63, 3.8) is 0 Å². The van der Waals surface area contributed by atoms with Crippen LogP contribution in [0.15, 0.2) is 52.1 Å². The first-order valence-corrected chi connectivity index (χ1v) is 10.7. The Hall–Kier alpha value is -3.48. The third kappa shape index (κ3) is 4.66. The van der Waals surface area contributed by atoms with Crippen LogP contribution in [0.1, 0.15) is 47.3 Å². The van der Waals surface area contributed by atoms with Gasteiger partial charge in [-0.25, -0.2) is 4.79 Å². The van der Waals surface area contributed by atoms with E-state index < -0.39 is 5.69 Å². The van der Waals surface area contributed by atoms with Gasteiger partial charge in [-0.05, 0) is 48.9 Å². The van der Waals surface area contributed by atoms with Crippen molar-refractivity contribution in [2.45, 2.75) is 45.1 Å². The summed E-state index contributed by atoms with van der Waals surface area (Å²) in [5.74, 6) is -0.384. The number of nitrogens with zero attached hydrogens (tertiary/aromatic N) is 1. The van der Waals surface area contributed by atoms with E-state index in [-0.39, 0.29) is 30.2 Å². The van der Waals surface area contributed by atoms with E-state index in [1.165, 1.54) is 0 Å². The number of amides is 1. The highest BCUT2D eigenvalue weighted by Crippen LogP contribution is 2.17. The Labute approximate surface area is 179 Å². The van der Waals surface area contributed by atoms with Crippen molar-refractivity contribution in [3.8, 4) is 0 Å². The molecule has 0 aliphatic heterocycles. The van der Waals surface area contributed by atoms with Gasteiger partial charge in [0.1, 0.15) is 0 Å². The number of H-pyrrole nitrogens is 1. The van der Waals surface area contributed by atoms with Crippen molar-refractivity contribution in [1.82, 2.24) is 14.9 Å². The Morgan fingerprint density at radius 1 is 1.00 bits per heavy atom. The van der Waals surface area contributed by atoms with Crippen LogP contribution in [0.5, 0.6) is 0 Å². The number of aromatic nitrogens is 2. The van der Waals surface area contributed by atoms with Crippen LogP contribution in [-0.2, 0) is 24.2 Å². The van der Waals surface area contributed by atoms with Gasteiger partial charge in [-0.1, -0.05) is 36.4 Å². The summed E-state index contributed by atoms with van der Waals surface area (Å²) in [4.78, 5) is 51.2. The molecule has 0 bridgehead atoms. The van der Waals surface area contributed by atoms with E-state index in [4.69, 9.17) is 0 Å². The first kappa shape index (κ1) is 20.8. The fraction of sp³-hybridized carbons (Fsp3) is 0.333. The third-order valence-electron chi connectivity index (χ3n) is 5.81. The minimum Gasteiger partial charge on any atom is -0.349 e. The second kappa shape index (κ2) is 9.12. The van der Waals surface area contributed by atoms with E-state index >= 15 is 0 Å². The van der Waals surface area contributed by atoms with Crippen molar-refractivity contribution < 1.29 is 9.59 Å². The molecule has 0 fully saturated rings. The number of hydrogen-bond acceptors (Lipinski definition) is 4. The normalized spacial score (nSPS) is 13.0. The fourth-order valence-electron chi connectivity index (χ4n) is 4.16. The van der Waals surface area contributed by atoms with Gasteiger partial charge in [0.25, 0.3) is 5.56 Å². The molecule has 3 aromatic rings. The molecular weight excluding hydrogens is 394 g/mol. The van der Waals surface area contributed by atoms with Gasteiger partial charge in [-0.3, -0.25) is 23.9 Å². The van der Waals surface area contributed by atoms with Crippen LogP contribution in [0, 0.1) is 0 Å². The van der Waals surface area contributed by atoms with Crippen molar-refractivity contribution >= 4 is 22.5 Å². The van der Waals surface area contributed by atoms with E-state index in [2.05, 4.69) is 10.3 Å². The van der Waals surface area contributed by atoms with Gasteiger partial charge in [0.15, 0.2) is 5.78 Å². The number of ketones is 1. The lowest BCUT2D eigenvalue weighted by molar-refractivity contribution is -0.121. The van der Waals surface area contributed by atoms with Crippen LogP contribution in [0.4, 0.5) is 0 Å². The number of benzene rings is 2. The van der Waals surface area contributed by atoms with Crippen LogP contribution in [0.2, 0.25) is 0 Å². The van der Waals surface area contributed by atoms with Gasteiger partial charge in [0.05, 0.1) is 6.54 Å². The summed E-state index contributed by atoms with van der Waals surface area (Å²) in [6.45, 7) is 0.301. The predicted octanol–water partition coefficient (Wildman–Crippen LogP) is 2.35. The number of aromatic amines is 1. The lowest BCUT2D eigenvalue weighted by atomic mass is 9.97. The molecule has 0 saturated heterocycles. The quantitative estimate of drug-likeness (QED) is 0.574. The topological polar surface area (TPSA) is 101 Å². The SMILES string of the molecule is O=C(CCCn1c2c(c(=O)[nH]c1=O)CCCC2)NCC(=O)c1ccc2ccccc2c1. The molecule has 1 aliphatic rings. The van der Waals surface area contributed by atoms with Gasteiger partial charge < -0.3 is 5.32 Å². The van der Waals surface area contributed by atoms with E-state index in [1.807, 2.05) is 36.4 Å². The maximum absolute atomic E-state index is 12.4. The maximum Gasteiger partial charge on any atom is 0.328 e. The monoisotopic (exact) mass is 419 g/mol. The summed E-state index contributed by atoms with van der Waals surface area (Å²) in [5, 5.41) is 4.71. The van der Waals surface area contributed by atoms with E-state index in [9.17, 15) is 19.2 Å². The molecule has 1 heterocycles. The van der Waals surface area contributed by atoms with Crippen molar-refractivity contribution in [3.05, 3.63) is 80.1 Å². The lowest BCUT2D eigenvalue weighted by Crippen LogP contribution is -2.37. The van der Waals surface area contributed by atoms with Gasteiger partial charge >= 0.3 is 5.69 Å². The molecule has 1 aromatic heterocycles. The van der Waals surface area contributed by atoms with Crippen molar-refractivity contribution in [2.24, 2.45) is 0 Å². The smallest absolute Gasteiger partial charge is 0.328 e. The largest absolute Gasteiger partial charge is 0.349 e. The van der Waals surface area contributed by atoms with Crippen molar-refractivity contribution in [2.75, 3.05) is 6.54 Å². The average molecular weight is 419 g/mol. The average Bonchev–Trinajstić information content (AvgIpc) is 2.79. The zero-order valence-corrected chi connectivity index (χ0v) is 17.3. The van der Waals surface area contributed by atoms with Gasteiger partial charge in [0.2, 0.25) is 5.91 Å². The number of hydrogen-bond donors (Lipinski definition) is 2. The Morgan fingerprint density at radius 3 is 2.61 bits per heavy atom. The number of rotatable bonds is 7. The van der Waals surface area contributed by atoms with Crippen LogP contribution < -0.4 is 16.6 Å². The minimum absolute atomic E-state index is 0.0643. The first-order valence-electron chi connectivity index (χ1n) is 10.7. The number of Topliss-reactive ketones (excluding diaryl/α,β-unsaturated/α-hetero) is 1. The Bertz CT molecular complexity index is 1260. The van der Waals surface area contributed by atoms with Gasteiger partial charge in [0, 0.05) is 29.8 Å². The Balaban J connectivity index is 1.31. The predicted molar refractivity (Wildman–Crippen MR) is 118 cm³/mol. The number of fused-ring (bicyclic) bond motifs is 2. The highest BCUT2D eigenvalue weighted by atomic mass is 16.2. The maximum atomic E-state index is 12.4. The van der Waals surface area contributed by atoms with E-state index in [0.717, 1.165) is 29.3 Å². The number of nitrogens with one attached hydrogen (secondary N) is 2. The molecule has 2 aromatic carbocycles. The summed E-state index contributed by atoms with van der Waals surface area (Å²) >= 11 is 0. The molecule has 4 rings (SSSR count). The van der Waals surface area contributed by atoms with E-state index in [0.29, 0.717) is 36.9 Å². The molecule has 0 atom stereocenters. The first-order chi connectivity index (χ1) is 15.0. The molecule has 0 saturated carbocycles. The second-order valence-electron chi connectivity index (χ2n) is 7.91. The molecule has 0 radical (unpaired) electrons. The third-order valence-corrected chi connectivity index (χ3v) is 5.81. The van der Waals surface area contributed by atoms with Crippen LogP contribution >= 0.6 is 0 Å². The molecule has 2 N–H and O–H groups in total. The fourth-order valence-corrected chi connectivity index (χ4v) is 4.16. The second-order valence-corrected chi connectivity index (χ2v) is 7.91. The molecule has 1 aliphatic carbocycles. The molecule has 0 spiro atoms. The molecular formula is C24H25N3O4. The van der Waals surface area contributed by atoms with Crippen molar-refractivity contribution in [1.29, 1.82) is 0 Å². The Kier molecular flexibility index (Phi) is 6.11. The molecule has 0 unspecified atom stereocenters. The lowest BCUT2D eigenvalue weighted by Gasteiger charge is -2.19. The summed E-state index contributed by atoms with van der Waals surface area (Å²) in [7, 11) is 0. The zero-order valence-electron chi connectivity index (χ0n) is 17.3. The zero-order chi connectivity index (χ0) is 21.8. The number of carbonyl (C=O) groups excluding carboxylic acids is 2. The molecule has 7 heteroatoms. The summed E-state index contributed by atoms with van der Waals surface area (Å²) in [5.41, 5.74) is 1.34. The Morgan fingerprint density at radius 2 is 1.77 bits per heavy atom. The molecule has 160 valence electrons. The highest BCUT2D eigenvalue weighted by molar-refractivity contribution is 6.02. The summed E-state index contributed by atoms with van der Waals surface area (Å²) in [6, 6.07) is 13.3. The summed E-state index contributed by atoms with van der Waals surface area (Å²) in [6.07, 6.45) is 3.94. The van der Waals surface area contributed by atoms with Gasteiger partial charge in [-0.2, -0.15) is 0 Å². The standard InChI is InChI=1S/C24H25N3O4/c28-21(18-12-11-16-6-1-2-7-17(16)14-18)15-25-22(29)10-5-13-27-20-9-4-3-8-19(20)23(30)26-24(27)31/h1-2,6-7,11-12,14H,3-5,8-10,13,15H2,(H,25,29)(H,26,30,31).